The molecule has 2 aromatic carbocycles. The van der Waals surface area contributed by atoms with Gasteiger partial charge in [0.15, 0.2) is 6.10 Å². The largest absolute Gasteiger partial charge is 0.479 e. The molecule has 0 saturated carbocycles. The summed E-state index contributed by atoms with van der Waals surface area (Å²) in [5, 5.41) is 10.6. The van der Waals surface area contributed by atoms with Crippen LogP contribution in [0.25, 0.3) is 10.8 Å². The van der Waals surface area contributed by atoms with Crippen LogP contribution in [0.15, 0.2) is 42.5 Å². The third kappa shape index (κ3) is 2.73. The minimum absolute atomic E-state index is 0.242. The Morgan fingerprint density at radius 3 is 2.53 bits per heavy atom. The quantitative estimate of drug-likeness (QED) is 0.856. The van der Waals surface area contributed by atoms with Crippen LogP contribution in [0.1, 0.15) is 23.7 Å². The normalized spacial score (nSPS) is 12.1. The summed E-state index contributed by atoms with van der Waals surface area (Å²) in [6.07, 6.45) is -0.863. The Kier molecular flexibility index (Phi) is 3.80. The number of carboxylic acid groups (broad SMARTS) is 1. The molecule has 0 aliphatic rings. The van der Waals surface area contributed by atoms with E-state index in [1.54, 1.807) is 19.1 Å². The van der Waals surface area contributed by atoms with E-state index in [-0.39, 0.29) is 6.42 Å². The fraction of sp³-hybridized carbons (Fsp3) is 0.200. The van der Waals surface area contributed by atoms with Crippen LogP contribution in [0, 0.1) is 0 Å². The van der Waals surface area contributed by atoms with Gasteiger partial charge in [0.25, 0.3) is 0 Å². The molecule has 0 aromatic heterocycles. The molecule has 0 spiro atoms. The summed E-state index contributed by atoms with van der Waals surface area (Å²) in [6.45, 7) is 1.66. The standard InChI is InChI=1S/C15H14O4/c1-2-13(14(16)17)19-15(18)12-9-5-7-10-6-3-4-8-11(10)12/h3-9,13H,2H2,1H3,(H,16,17). The molecule has 0 heterocycles. The van der Waals surface area contributed by atoms with Crippen molar-refractivity contribution >= 4 is 22.7 Å². The zero-order valence-electron chi connectivity index (χ0n) is 10.5. The number of hydrogen-bond acceptors (Lipinski definition) is 3. The Morgan fingerprint density at radius 1 is 1.16 bits per heavy atom. The second-order valence-electron chi connectivity index (χ2n) is 4.17. The van der Waals surface area contributed by atoms with Crippen LogP contribution >= 0.6 is 0 Å². The van der Waals surface area contributed by atoms with E-state index in [4.69, 9.17) is 9.84 Å². The van der Waals surface area contributed by atoms with E-state index in [1.165, 1.54) is 0 Å². The highest BCUT2D eigenvalue weighted by Crippen LogP contribution is 2.20. The van der Waals surface area contributed by atoms with Crippen LogP contribution in [0.3, 0.4) is 0 Å². The van der Waals surface area contributed by atoms with E-state index < -0.39 is 18.0 Å². The van der Waals surface area contributed by atoms with Gasteiger partial charge in [0, 0.05) is 0 Å². The van der Waals surface area contributed by atoms with Crippen molar-refractivity contribution < 1.29 is 19.4 Å². The summed E-state index contributed by atoms with van der Waals surface area (Å²) < 4.78 is 5.02. The minimum atomic E-state index is -1.13. The maximum absolute atomic E-state index is 12.0. The van der Waals surface area contributed by atoms with Crippen LogP contribution < -0.4 is 0 Å². The van der Waals surface area contributed by atoms with Crippen molar-refractivity contribution in [2.75, 3.05) is 0 Å². The fourth-order valence-electron chi connectivity index (χ4n) is 1.90. The highest BCUT2D eigenvalue weighted by molar-refractivity contribution is 6.04. The van der Waals surface area contributed by atoms with E-state index in [1.807, 2.05) is 30.3 Å². The lowest BCUT2D eigenvalue weighted by Crippen LogP contribution is -2.26. The highest BCUT2D eigenvalue weighted by Gasteiger charge is 2.21. The number of fused-ring (bicyclic) bond motifs is 1. The minimum Gasteiger partial charge on any atom is -0.479 e. The molecule has 1 atom stereocenters. The smallest absolute Gasteiger partial charge is 0.345 e. The van der Waals surface area contributed by atoms with Gasteiger partial charge in [-0.15, -0.1) is 0 Å². The van der Waals surface area contributed by atoms with Gasteiger partial charge in [-0.2, -0.15) is 0 Å². The molecule has 0 saturated heterocycles. The third-order valence-electron chi connectivity index (χ3n) is 2.91. The Morgan fingerprint density at radius 2 is 1.84 bits per heavy atom. The summed E-state index contributed by atoms with van der Waals surface area (Å²) >= 11 is 0. The molecule has 2 aromatic rings. The molecule has 0 aliphatic heterocycles. The van der Waals surface area contributed by atoms with Crippen molar-refractivity contribution in [1.29, 1.82) is 0 Å². The second kappa shape index (κ2) is 5.52. The lowest BCUT2D eigenvalue weighted by Gasteiger charge is -2.12. The van der Waals surface area contributed by atoms with Gasteiger partial charge in [-0.25, -0.2) is 9.59 Å². The van der Waals surface area contributed by atoms with Crippen LogP contribution in [0.2, 0.25) is 0 Å². The average molecular weight is 258 g/mol. The molecule has 0 radical (unpaired) electrons. The van der Waals surface area contributed by atoms with Gasteiger partial charge in [-0.05, 0) is 23.3 Å². The van der Waals surface area contributed by atoms with E-state index in [0.29, 0.717) is 5.56 Å². The Bertz CT molecular complexity index is 613. The first-order chi connectivity index (χ1) is 9.13. The van der Waals surface area contributed by atoms with E-state index in [9.17, 15) is 9.59 Å². The SMILES string of the molecule is CCC(OC(=O)c1cccc2ccccc12)C(=O)O. The number of aliphatic carboxylic acids is 1. The van der Waals surface area contributed by atoms with Crippen LogP contribution in [0.4, 0.5) is 0 Å². The zero-order chi connectivity index (χ0) is 13.8. The number of carbonyl (C=O) groups excluding carboxylic acids is 1. The fourth-order valence-corrected chi connectivity index (χ4v) is 1.90. The van der Waals surface area contributed by atoms with Crippen LogP contribution in [-0.4, -0.2) is 23.1 Å². The number of ether oxygens (including phenoxy) is 1. The molecule has 19 heavy (non-hydrogen) atoms. The summed E-state index contributed by atoms with van der Waals surface area (Å²) in [5.74, 6) is -1.73. The Hall–Kier alpha value is -2.36. The Labute approximate surface area is 110 Å². The molecular formula is C15H14O4. The maximum atomic E-state index is 12.0. The number of hydrogen-bond donors (Lipinski definition) is 1. The van der Waals surface area contributed by atoms with Gasteiger partial charge in [0.1, 0.15) is 0 Å². The first-order valence-electron chi connectivity index (χ1n) is 6.05. The molecule has 1 unspecified atom stereocenters. The predicted molar refractivity (Wildman–Crippen MR) is 71.1 cm³/mol. The number of esters is 1. The first kappa shape index (κ1) is 13.1. The van der Waals surface area contributed by atoms with Gasteiger partial charge in [0.05, 0.1) is 5.56 Å². The molecule has 98 valence electrons. The molecule has 0 aliphatic carbocycles. The second-order valence-corrected chi connectivity index (χ2v) is 4.17. The summed E-state index contributed by atoms with van der Waals surface area (Å²) in [5.41, 5.74) is 0.387. The van der Waals surface area contributed by atoms with Gasteiger partial charge in [-0.1, -0.05) is 43.3 Å². The Balaban J connectivity index is 2.34. The topological polar surface area (TPSA) is 63.6 Å². The molecule has 4 heteroatoms. The average Bonchev–Trinajstić information content (AvgIpc) is 2.43. The zero-order valence-corrected chi connectivity index (χ0v) is 10.5. The van der Waals surface area contributed by atoms with Crippen molar-refractivity contribution in [3.8, 4) is 0 Å². The molecule has 0 bridgehead atoms. The van der Waals surface area contributed by atoms with Crippen molar-refractivity contribution in [1.82, 2.24) is 0 Å². The summed E-state index contributed by atoms with van der Waals surface area (Å²) in [4.78, 5) is 22.9. The maximum Gasteiger partial charge on any atom is 0.345 e. The van der Waals surface area contributed by atoms with Gasteiger partial charge in [-0.3, -0.25) is 0 Å². The van der Waals surface area contributed by atoms with Crippen LogP contribution in [-0.2, 0) is 9.53 Å². The van der Waals surface area contributed by atoms with E-state index in [2.05, 4.69) is 0 Å². The monoisotopic (exact) mass is 258 g/mol. The summed E-state index contributed by atoms with van der Waals surface area (Å²) in [6, 6.07) is 12.7. The van der Waals surface area contributed by atoms with Crippen molar-refractivity contribution in [2.45, 2.75) is 19.4 Å². The van der Waals surface area contributed by atoms with Crippen molar-refractivity contribution in [3.05, 3.63) is 48.0 Å². The molecule has 2 rings (SSSR count). The van der Waals surface area contributed by atoms with Crippen molar-refractivity contribution in [2.24, 2.45) is 0 Å². The number of rotatable bonds is 4. The van der Waals surface area contributed by atoms with Gasteiger partial charge in [0.2, 0.25) is 0 Å². The van der Waals surface area contributed by atoms with Gasteiger partial charge >= 0.3 is 11.9 Å². The predicted octanol–water partition coefficient (Wildman–Crippen LogP) is 2.86. The first-order valence-corrected chi connectivity index (χ1v) is 6.05. The summed E-state index contributed by atoms with van der Waals surface area (Å²) in [7, 11) is 0. The third-order valence-corrected chi connectivity index (χ3v) is 2.91. The lowest BCUT2D eigenvalue weighted by molar-refractivity contribution is -0.147. The highest BCUT2D eigenvalue weighted by atomic mass is 16.6. The molecule has 4 nitrogen and oxygen atoms in total. The van der Waals surface area contributed by atoms with E-state index >= 15 is 0 Å². The number of carboxylic acids is 1. The van der Waals surface area contributed by atoms with Gasteiger partial charge < -0.3 is 9.84 Å². The molecule has 1 N–H and O–H groups in total. The van der Waals surface area contributed by atoms with E-state index in [0.717, 1.165) is 10.8 Å². The van der Waals surface area contributed by atoms with Crippen molar-refractivity contribution in [3.63, 3.8) is 0 Å². The lowest BCUT2D eigenvalue weighted by atomic mass is 10.0. The molecule has 0 fully saturated rings. The van der Waals surface area contributed by atoms with Crippen LogP contribution in [0.5, 0.6) is 0 Å². The number of benzene rings is 2. The number of carbonyl (C=O) groups is 2. The molecular weight excluding hydrogens is 244 g/mol. The molecule has 0 amide bonds.